The maximum absolute atomic E-state index is 13.4. The number of hydrogen-bond donors (Lipinski definition) is 1. The fourth-order valence-electron chi connectivity index (χ4n) is 3.12. The molecule has 1 aromatic carbocycles. The van der Waals surface area contributed by atoms with Gasteiger partial charge in [-0.05, 0) is 63.7 Å². The highest BCUT2D eigenvalue weighted by molar-refractivity contribution is 5.27. The van der Waals surface area contributed by atoms with Gasteiger partial charge in [0.2, 0.25) is 0 Å². The Labute approximate surface area is 121 Å². The Morgan fingerprint density at radius 2 is 1.90 bits per heavy atom. The minimum atomic E-state index is -0.184. The van der Waals surface area contributed by atoms with Crippen LogP contribution in [0.4, 0.5) is 4.39 Å². The number of hydrogen-bond acceptors (Lipinski definition) is 3. The van der Waals surface area contributed by atoms with Crippen molar-refractivity contribution in [2.45, 2.75) is 37.9 Å². The Morgan fingerprint density at radius 3 is 2.40 bits per heavy atom. The van der Waals surface area contributed by atoms with Gasteiger partial charge >= 0.3 is 0 Å². The van der Waals surface area contributed by atoms with Gasteiger partial charge in [0.05, 0.1) is 0 Å². The van der Waals surface area contributed by atoms with Crippen LogP contribution in [0.1, 0.15) is 30.4 Å². The van der Waals surface area contributed by atoms with Gasteiger partial charge in [0.15, 0.2) is 0 Å². The summed E-state index contributed by atoms with van der Waals surface area (Å²) in [5, 5.41) is 0. The van der Waals surface area contributed by atoms with E-state index in [1.54, 1.807) is 12.1 Å². The van der Waals surface area contributed by atoms with Crippen molar-refractivity contribution in [3.63, 3.8) is 0 Å². The van der Waals surface area contributed by atoms with Crippen molar-refractivity contribution >= 4 is 0 Å². The summed E-state index contributed by atoms with van der Waals surface area (Å²) in [6.07, 6.45) is 3.80. The summed E-state index contributed by atoms with van der Waals surface area (Å²) in [6.45, 7) is 2.22. The normalized spacial score (nSPS) is 17.6. The summed E-state index contributed by atoms with van der Waals surface area (Å²) in [5.41, 5.74) is 8.07. The first-order valence-electron chi connectivity index (χ1n) is 7.30. The lowest BCUT2D eigenvalue weighted by atomic mass is 9.75. The highest BCUT2D eigenvalue weighted by Gasteiger charge is 2.39. The number of nitrogens with two attached hydrogens (primary N) is 1. The van der Waals surface area contributed by atoms with E-state index in [0.29, 0.717) is 12.1 Å². The van der Waals surface area contributed by atoms with Crippen LogP contribution in [0.3, 0.4) is 0 Å². The quantitative estimate of drug-likeness (QED) is 0.866. The Hall–Kier alpha value is -0.970. The van der Waals surface area contributed by atoms with Crippen molar-refractivity contribution in [1.29, 1.82) is 0 Å². The zero-order valence-electron chi connectivity index (χ0n) is 12.8. The predicted molar refractivity (Wildman–Crippen MR) is 80.9 cm³/mol. The van der Waals surface area contributed by atoms with Crippen molar-refractivity contribution in [2.75, 3.05) is 27.7 Å². The predicted octanol–water partition coefficient (Wildman–Crippen LogP) is 2.20. The third-order valence-corrected chi connectivity index (χ3v) is 4.63. The molecule has 0 atom stereocenters. The minimum Gasteiger partial charge on any atom is -0.326 e. The first-order chi connectivity index (χ1) is 9.47. The highest BCUT2D eigenvalue weighted by Crippen LogP contribution is 2.36. The number of nitrogens with zero attached hydrogens (tertiary/aromatic N) is 2. The number of rotatable bonds is 6. The van der Waals surface area contributed by atoms with Crippen molar-refractivity contribution in [3.8, 4) is 0 Å². The van der Waals surface area contributed by atoms with Gasteiger partial charge in [0.1, 0.15) is 5.82 Å². The van der Waals surface area contributed by atoms with E-state index in [4.69, 9.17) is 5.73 Å². The van der Waals surface area contributed by atoms with Gasteiger partial charge < -0.3 is 15.5 Å². The molecule has 20 heavy (non-hydrogen) atoms. The second kappa shape index (κ2) is 6.20. The molecule has 0 radical (unpaired) electrons. The molecule has 4 heteroatoms. The third kappa shape index (κ3) is 3.19. The van der Waals surface area contributed by atoms with E-state index < -0.39 is 0 Å². The second-order valence-corrected chi connectivity index (χ2v) is 6.26. The maximum Gasteiger partial charge on any atom is 0.123 e. The summed E-state index contributed by atoms with van der Waals surface area (Å²) >= 11 is 0. The van der Waals surface area contributed by atoms with Crippen LogP contribution in [0.2, 0.25) is 0 Å². The van der Waals surface area contributed by atoms with Crippen LogP contribution in [0.25, 0.3) is 0 Å². The van der Waals surface area contributed by atoms with E-state index in [0.717, 1.165) is 24.2 Å². The minimum absolute atomic E-state index is 0.184. The second-order valence-electron chi connectivity index (χ2n) is 6.26. The smallest absolute Gasteiger partial charge is 0.123 e. The fourth-order valence-corrected chi connectivity index (χ4v) is 3.12. The van der Waals surface area contributed by atoms with Crippen LogP contribution in [0.15, 0.2) is 18.2 Å². The first-order valence-corrected chi connectivity index (χ1v) is 7.30. The molecule has 0 bridgehead atoms. The molecule has 2 N–H and O–H groups in total. The monoisotopic (exact) mass is 279 g/mol. The maximum atomic E-state index is 13.4. The first kappa shape index (κ1) is 15.4. The van der Waals surface area contributed by atoms with E-state index in [1.807, 2.05) is 0 Å². The van der Waals surface area contributed by atoms with E-state index in [2.05, 4.69) is 30.9 Å². The molecular weight excluding hydrogens is 253 g/mol. The number of halogens is 1. The standard InChI is InChI=1S/C16H26FN3/c1-19(2)16(7-4-8-16)12-20(3)11-14-9-15(17)6-5-13(14)10-18/h5-6,9H,4,7-8,10-12,18H2,1-3H3. The van der Waals surface area contributed by atoms with E-state index in [-0.39, 0.29) is 5.82 Å². The molecule has 1 aliphatic carbocycles. The average molecular weight is 279 g/mol. The van der Waals surface area contributed by atoms with Gasteiger partial charge in [-0.2, -0.15) is 0 Å². The summed E-state index contributed by atoms with van der Waals surface area (Å²) in [7, 11) is 6.41. The van der Waals surface area contributed by atoms with Gasteiger partial charge in [-0.15, -0.1) is 0 Å². The Balaban J connectivity index is 2.04. The van der Waals surface area contributed by atoms with Crippen molar-refractivity contribution in [2.24, 2.45) is 5.73 Å². The Kier molecular flexibility index (Phi) is 4.78. The molecule has 1 aliphatic rings. The summed E-state index contributed by atoms with van der Waals surface area (Å²) in [4.78, 5) is 4.62. The molecular formula is C16H26FN3. The molecule has 1 saturated carbocycles. The molecule has 112 valence electrons. The largest absolute Gasteiger partial charge is 0.326 e. The van der Waals surface area contributed by atoms with Crippen LogP contribution in [0, 0.1) is 5.82 Å². The summed E-state index contributed by atoms with van der Waals surface area (Å²) in [6, 6.07) is 4.89. The van der Waals surface area contributed by atoms with E-state index >= 15 is 0 Å². The Bertz CT molecular complexity index is 455. The molecule has 0 aromatic heterocycles. The molecule has 1 fully saturated rings. The van der Waals surface area contributed by atoms with Crippen LogP contribution < -0.4 is 5.73 Å². The van der Waals surface area contributed by atoms with Gasteiger partial charge in [-0.25, -0.2) is 4.39 Å². The molecule has 0 saturated heterocycles. The summed E-state index contributed by atoms with van der Waals surface area (Å²) in [5.74, 6) is -0.184. The Morgan fingerprint density at radius 1 is 1.20 bits per heavy atom. The SMILES string of the molecule is CN(Cc1cc(F)ccc1CN)CC1(N(C)C)CCC1. The highest BCUT2D eigenvalue weighted by atomic mass is 19.1. The van der Waals surface area contributed by atoms with Crippen molar-refractivity contribution < 1.29 is 4.39 Å². The molecule has 0 spiro atoms. The zero-order valence-corrected chi connectivity index (χ0v) is 12.8. The van der Waals surface area contributed by atoms with E-state index in [1.165, 1.54) is 25.3 Å². The molecule has 1 aromatic rings. The van der Waals surface area contributed by atoms with Crippen LogP contribution >= 0.6 is 0 Å². The lowest BCUT2D eigenvalue weighted by molar-refractivity contribution is 0.0258. The van der Waals surface area contributed by atoms with Gasteiger partial charge in [0.25, 0.3) is 0 Å². The molecule has 2 rings (SSSR count). The van der Waals surface area contributed by atoms with Crippen LogP contribution in [-0.2, 0) is 13.1 Å². The molecule has 0 amide bonds. The van der Waals surface area contributed by atoms with Gasteiger partial charge in [0, 0.05) is 25.2 Å². The lowest BCUT2D eigenvalue weighted by Crippen LogP contribution is -2.56. The molecule has 0 heterocycles. The molecule has 3 nitrogen and oxygen atoms in total. The van der Waals surface area contributed by atoms with Crippen molar-refractivity contribution in [3.05, 3.63) is 35.1 Å². The molecule has 0 unspecified atom stereocenters. The fraction of sp³-hybridized carbons (Fsp3) is 0.625. The van der Waals surface area contributed by atoms with Gasteiger partial charge in [-0.3, -0.25) is 0 Å². The molecule has 0 aliphatic heterocycles. The zero-order chi connectivity index (χ0) is 14.8. The topological polar surface area (TPSA) is 32.5 Å². The number of likely N-dealkylation sites (N-methyl/N-ethyl adjacent to an activating group) is 2. The lowest BCUT2D eigenvalue weighted by Gasteiger charge is -2.49. The summed E-state index contributed by atoms with van der Waals surface area (Å²) < 4.78 is 13.4. The van der Waals surface area contributed by atoms with E-state index in [9.17, 15) is 4.39 Å². The van der Waals surface area contributed by atoms with Crippen LogP contribution in [-0.4, -0.2) is 43.0 Å². The van der Waals surface area contributed by atoms with Crippen LogP contribution in [0.5, 0.6) is 0 Å². The van der Waals surface area contributed by atoms with Crippen molar-refractivity contribution in [1.82, 2.24) is 9.80 Å². The third-order valence-electron chi connectivity index (χ3n) is 4.63. The number of benzene rings is 1. The van der Waals surface area contributed by atoms with Gasteiger partial charge in [-0.1, -0.05) is 6.07 Å². The average Bonchev–Trinajstić information content (AvgIpc) is 2.33.